The minimum absolute atomic E-state index is 0.0301. The van der Waals surface area contributed by atoms with Crippen molar-refractivity contribution in [1.82, 2.24) is 0 Å². The molecule has 1 N–H and O–H groups in total. The van der Waals surface area contributed by atoms with Crippen LogP contribution in [0.4, 0.5) is 0 Å². The maximum atomic E-state index is 9.29. The van der Waals surface area contributed by atoms with Gasteiger partial charge in [0.05, 0.1) is 13.7 Å². The number of hydrogen-bond acceptors (Lipinski definition) is 3. The molecule has 2 rings (SSSR count). The normalized spacial score (nSPS) is 10.3. The first-order valence-corrected chi connectivity index (χ1v) is 5.60. The van der Waals surface area contributed by atoms with E-state index in [-0.39, 0.29) is 6.61 Å². The lowest BCUT2D eigenvalue weighted by Gasteiger charge is -2.08. The Morgan fingerprint density at radius 2 is 2.20 bits per heavy atom. The smallest absolute Gasteiger partial charge is 0.119 e. The summed E-state index contributed by atoms with van der Waals surface area (Å²) in [6.45, 7) is 0.0301. The van der Waals surface area contributed by atoms with E-state index in [2.05, 4.69) is 5.38 Å². The molecule has 0 amide bonds. The topological polar surface area (TPSA) is 29.5 Å². The second-order valence-corrected chi connectivity index (χ2v) is 3.97. The first-order valence-electron chi connectivity index (χ1n) is 4.65. The van der Waals surface area contributed by atoms with Gasteiger partial charge in [-0.2, -0.15) is 11.3 Å². The molecule has 2 aromatic rings. The molecule has 78 valence electrons. The zero-order valence-electron chi connectivity index (χ0n) is 8.43. The van der Waals surface area contributed by atoms with E-state index in [1.165, 1.54) is 0 Å². The molecule has 0 saturated carbocycles. The molecule has 0 aliphatic carbocycles. The molecule has 1 aromatic heterocycles. The van der Waals surface area contributed by atoms with Gasteiger partial charge in [-0.3, -0.25) is 0 Å². The monoisotopic (exact) mass is 220 g/mol. The van der Waals surface area contributed by atoms with Gasteiger partial charge in [-0.05, 0) is 45.6 Å². The Balaban J connectivity index is 2.48. The minimum Gasteiger partial charge on any atom is -0.497 e. The maximum absolute atomic E-state index is 9.29. The molecule has 3 heteroatoms. The zero-order chi connectivity index (χ0) is 10.7. The quantitative estimate of drug-likeness (QED) is 0.861. The Hall–Kier alpha value is -1.32. The Bertz CT molecular complexity index is 435. The van der Waals surface area contributed by atoms with Gasteiger partial charge in [0.2, 0.25) is 0 Å². The molecule has 0 fully saturated rings. The first kappa shape index (κ1) is 10.2. The molecule has 15 heavy (non-hydrogen) atoms. The SMILES string of the molecule is COc1ccc(-c2ccsc2)c(CO)c1. The van der Waals surface area contributed by atoms with Gasteiger partial charge in [-0.15, -0.1) is 0 Å². The van der Waals surface area contributed by atoms with Crippen molar-refractivity contribution in [3.8, 4) is 16.9 Å². The van der Waals surface area contributed by atoms with Crippen LogP contribution in [0.25, 0.3) is 11.1 Å². The Labute approximate surface area is 92.8 Å². The lowest BCUT2D eigenvalue weighted by atomic mass is 10.0. The third kappa shape index (κ3) is 2.03. The Morgan fingerprint density at radius 3 is 2.80 bits per heavy atom. The van der Waals surface area contributed by atoms with Gasteiger partial charge in [0, 0.05) is 0 Å². The number of ether oxygens (including phenoxy) is 1. The summed E-state index contributed by atoms with van der Waals surface area (Å²) in [5.74, 6) is 0.776. The highest BCUT2D eigenvalue weighted by Gasteiger charge is 2.06. The van der Waals surface area contributed by atoms with Crippen molar-refractivity contribution in [2.75, 3.05) is 7.11 Å². The van der Waals surface area contributed by atoms with E-state index >= 15 is 0 Å². The fourth-order valence-electron chi connectivity index (χ4n) is 1.53. The summed E-state index contributed by atoms with van der Waals surface area (Å²) in [5, 5.41) is 13.4. The number of thiophene rings is 1. The van der Waals surface area contributed by atoms with E-state index in [1.807, 2.05) is 29.6 Å². The summed E-state index contributed by atoms with van der Waals surface area (Å²) in [7, 11) is 1.63. The predicted octanol–water partition coefficient (Wildman–Crippen LogP) is 2.92. The van der Waals surface area contributed by atoms with Gasteiger partial charge >= 0.3 is 0 Å². The van der Waals surface area contributed by atoms with Crippen LogP contribution in [0, 0.1) is 0 Å². The summed E-state index contributed by atoms with van der Waals surface area (Å²) >= 11 is 1.65. The van der Waals surface area contributed by atoms with Gasteiger partial charge in [-0.1, -0.05) is 6.07 Å². The fraction of sp³-hybridized carbons (Fsp3) is 0.167. The van der Waals surface area contributed by atoms with Crippen LogP contribution in [0.3, 0.4) is 0 Å². The van der Waals surface area contributed by atoms with E-state index < -0.39 is 0 Å². The highest BCUT2D eigenvalue weighted by molar-refractivity contribution is 7.08. The fourth-order valence-corrected chi connectivity index (χ4v) is 2.18. The molecular formula is C12H12O2S. The number of benzene rings is 1. The van der Waals surface area contributed by atoms with Crippen molar-refractivity contribution in [3.63, 3.8) is 0 Å². The van der Waals surface area contributed by atoms with Crippen LogP contribution in [0.1, 0.15) is 5.56 Å². The van der Waals surface area contributed by atoms with Crippen molar-refractivity contribution in [1.29, 1.82) is 0 Å². The standard InChI is InChI=1S/C12H12O2S/c1-14-11-2-3-12(10(6-11)7-13)9-4-5-15-8-9/h2-6,8,13H,7H2,1H3. The Kier molecular flexibility index (Phi) is 3.04. The lowest BCUT2D eigenvalue weighted by molar-refractivity contribution is 0.281. The van der Waals surface area contributed by atoms with Crippen molar-refractivity contribution < 1.29 is 9.84 Å². The first-order chi connectivity index (χ1) is 7.35. The average molecular weight is 220 g/mol. The van der Waals surface area contributed by atoms with Gasteiger partial charge in [-0.25, -0.2) is 0 Å². The summed E-state index contributed by atoms with van der Waals surface area (Å²) in [6, 6.07) is 7.80. The van der Waals surface area contributed by atoms with Crippen LogP contribution in [-0.4, -0.2) is 12.2 Å². The van der Waals surface area contributed by atoms with Crippen LogP contribution >= 0.6 is 11.3 Å². The van der Waals surface area contributed by atoms with Gasteiger partial charge in [0.1, 0.15) is 5.75 Å². The van der Waals surface area contributed by atoms with E-state index in [9.17, 15) is 5.11 Å². The maximum Gasteiger partial charge on any atom is 0.119 e. The zero-order valence-corrected chi connectivity index (χ0v) is 9.25. The average Bonchev–Trinajstić information content (AvgIpc) is 2.81. The van der Waals surface area contributed by atoms with E-state index in [0.717, 1.165) is 22.4 Å². The third-order valence-electron chi connectivity index (χ3n) is 2.31. The molecule has 0 unspecified atom stereocenters. The molecular weight excluding hydrogens is 208 g/mol. The number of rotatable bonds is 3. The van der Waals surface area contributed by atoms with Crippen LogP contribution < -0.4 is 4.74 Å². The van der Waals surface area contributed by atoms with E-state index in [1.54, 1.807) is 18.4 Å². The molecule has 0 radical (unpaired) electrons. The number of aliphatic hydroxyl groups is 1. The summed E-state index contributed by atoms with van der Waals surface area (Å²) < 4.78 is 5.12. The predicted molar refractivity (Wildman–Crippen MR) is 62.2 cm³/mol. The van der Waals surface area contributed by atoms with Crippen LogP contribution in [0.5, 0.6) is 5.75 Å². The molecule has 0 aliphatic rings. The van der Waals surface area contributed by atoms with Crippen LogP contribution in [0.15, 0.2) is 35.0 Å². The van der Waals surface area contributed by atoms with Crippen molar-refractivity contribution in [3.05, 3.63) is 40.6 Å². The van der Waals surface area contributed by atoms with E-state index in [4.69, 9.17) is 4.74 Å². The summed E-state index contributed by atoms with van der Waals surface area (Å²) in [5.41, 5.74) is 3.11. The van der Waals surface area contributed by atoms with Gasteiger partial charge < -0.3 is 9.84 Å². The minimum atomic E-state index is 0.0301. The molecule has 0 saturated heterocycles. The molecule has 0 aliphatic heterocycles. The molecule has 1 aromatic carbocycles. The van der Waals surface area contributed by atoms with Crippen LogP contribution in [-0.2, 0) is 6.61 Å². The third-order valence-corrected chi connectivity index (χ3v) is 3.00. The molecule has 1 heterocycles. The van der Waals surface area contributed by atoms with Crippen molar-refractivity contribution in [2.24, 2.45) is 0 Å². The summed E-state index contributed by atoms with van der Waals surface area (Å²) in [4.78, 5) is 0. The van der Waals surface area contributed by atoms with Crippen molar-refractivity contribution >= 4 is 11.3 Å². The number of hydrogen-bond donors (Lipinski definition) is 1. The van der Waals surface area contributed by atoms with Gasteiger partial charge in [0.15, 0.2) is 0 Å². The highest BCUT2D eigenvalue weighted by Crippen LogP contribution is 2.28. The largest absolute Gasteiger partial charge is 0.497 e. The van der Waals surface area contributed by atoms with Crippen LogP contribution in [0.2, 0.25) is 0 Å². The highest BCUT2D eigenvalue weighted by atomic mass is 32.1. The molecule has 0 spiro atoms. The lowest BCUT2D eigenvalue weighted by Crippen LogP contribution is -1.91. The second kappa shape index (κ2) is 4.47. The van der Waals surface area contributed by atoms with Crippen molar-refractivity contribution in [2.45, 2.75) is 6.61 Å². The number of methoxy groups -OCH3 is 1. The van der Waals surface area contributed by atoms with E-state index in [0.29, 0.717) is 0 Å². The molecule has 0 bridgehead atoms. The molecule has 0 atom stereocenters. The van der Waals surface area contributed by atoms with Gasteiger partial charge in [0.25, 0.3) is 0 Å². The number of aliphatic hydroxyl groups excluding tert-OH is 1. The summed E-state index contributed by atoms with van der Waals surface area (Å²) in [6.07, 6.45) is 0. The second-order valence-electron chi connectivity index (χ2n) is 3.19. The molecule has 2 nitrogen and oxygen atoms in total. The Morgan fingerprint density at radius 1 is 1.33 bits per heavy atom.